The van der Waals surface area contributed by atoms with Crippen molar-refractivity contribution < 1.29 is 14.3 Å². The molecule has 8 nitrogen and oxygen atoms in total. The van der Waals surface area contributed by atoms with Gasteiger partial charge in [-0.3, -0.25) is 14.8 Å². The summed E-state index contributed by atoms with van der Waals surface area (Å²) in [6, 6.07) is 6.08. The summed E-state index contributed by atoms with van der Waals surface area (Å²) < 4.78 is 5.38. The Kier molecular flexibility index (Phi) is 4.70. The maximum Gasteiger partial charge on any atom is 0.414 e. The van der Waals surface area contributed by atoms with Crippen molar-refractivity contribution in [1.82, 2.24) is 15.5 Å². The SMILES string of the molecule is CC(=O)NC[C@H]1CN(c2ccc3c(c2)CCCc2c(N(C)C)n[nH]c2-3)C(=O)O1. The van der Waals surface area contributed by atoms with Gasteiger partial charge in [-0.1, -0.05) is 6.07 Å². The average Bonchev–Trinajstić information content (AvgIpc) is 3.19. The van der Waals surface area contributed by atoms with Gasteiger partial charge >= 0.3 is 6.09 Å². The molecule has 4 rings (SSSR count). The highest BCUT2D eigenvalue weighted by atomic mass is 16.6. The minimum absolute atomic E-state index is 0.132. The van der Waals surface area contributed by atoms with Crippen LogP contribution in [0.25, 0.3) is 11.3 Å². The fourth-order valence-corrected chi connectivity index (χ4v) is 3.94. The lowest BCUT2D eigenvalue weighted by atomic mass is 10.0. The van der Waals surface area contributed by atoms with Gasteiger partial charge in [0.2, 0.25) is 5.91 Å². The second-order valence-electron chi connectivity index (χ2n) is 7.54. The lowest BCUT2D eigenvalue weighted by molar-refractivity contribution is -0.119. The zero-order chi connectivity index (χ0) is 19.8. The maximum absolute atomic E-state index is 12.3. The number of anilines is 2. The number of H-pyrrole nitrogens is 1. The van der Waals surface area contributed by atoms with E-state index >= 15 is 0 Å². The molecule has 1 aliphatic heterocycles. The number of aromatic nitrogens is 2. The van der Waals surface area contributed by atoms with E-state index in [-0.39, 0.29) is 18.1 Å². The first-order valence-electron chi connectivity index (χ1n) is 9.54. The van der Waals surface area contributed by atoms with Crippen molar-refractivity contribution in [2.24, 2.45) is 0 Å². The molecule has 2 aromatic rings. The smallest absolute Gasteiger partial charge is 0.414 e. The molecule has 8 heteroatoms. The monoisotopic (exact) mass is 383 g/mol. The van der Waals surface area contributed by atoms with E-state index in [0.29, 0.717) is 13.1 Å². The highest BCUT2D eigenvalue weighted by Gasteiger charge is 2.33. The molecule has 2 N–H and O–H groups in total. The van der Waals surface area contributed by atoms with Gasteiger partial charge in [0.15, 0.2) is 5.82 Å². The zero-order valence-electron chi connectivity index (χ0n) is 16.4. The first-order chi connectivity index (χ1) is 13.4. The first kappa shape index (κ1) is 18.3. The van der Waals surface area contributed by atoms with Crippen LogP contribution in [0.1, 0.15) is 24.5 Å². The molecule has 0 saturated carbocycles. The van der Waals surface area contributed by atoms with Crippen molar-refractivity contribution in [3.05, 3.63) is 29.3 Å². The van der Waals surface area contributed by atoms with E-state index in [0.717, 1.165) is 42.0 Å². The van der Waals surface area contributed by atoms with Crippen LogP contribution in [0.3, 0.4) is 0 Å². The fraction of sp³-hybridized carbons (Fsp3) is 0.450. The van der Waals surface area contributed by atoms with Crippen LogP contribution in [0.4, 0.5) is 16.3 Å². The number of benzene rings is 1. The van der Waals surface area contributed by atoms with Crippen molar-refractivity contribution in [2.45, 2.75) is 32.3 Å². The number of aryl methyl sites for hydroxylation is 1. The Morgan fingerprint density at radius 3 is 2.96 bits per heavy atom. The molecule has 1 atom stereocenters. The summed E-state index contributed by atoms with van der Waals surface area (Å²) in [5.41, 5.74) is 5.47. The quantitative estimate of drug-likeness (QED) is 0.844. The number of ether oxygens (including phenoxy) is 1. The lowest BCUT2D eigenvalue weighted by Gasteiger charge is -2.16. The Morgan fingerprint density at radius 1 is 1.39 bits per heavy atom. The van der Waals surface area contributed by atoms with E-state index in [4.69, 9.17) is 4.74 Å². The number of cyclic esters (lactones) is 1. The van der Waals surface area contributed by atoms with E-state index in [9.17, 15) is 9.59 Å². The van der Waals surface area contributed by atoms with E-state index in [1.807, 2.05) is 25.1 Å². The van der Waals surface area contributed by atoms with Gasteiger partial charge in [-0.15, -0.1) is 0 Å². The third kappa shape index (κ3) is 3.30. The molecular weight excluding hydrogens is 358 g/mol. The Hall–Kier alpha value is -3.03. The molecule has 1 aromatic carbocycles. The summed E-state index contributed by atoms with van der Waals surface area (Å²) in [7, 11) is 4.00. The molecule has 28 heavy (non-hydrogen) atoms. The molecule has 148 valence electrons. The minimum atomic E-state index is -0.374. The zero-order valence-corrected chi connectivity index (χ0v) is 16.4. The van der Waals surface area contributed by atoms with Crippen LogP contribution in [0.2, 0.25) is 0 Å². The number of hydrogen-bond donors (Lipinski definition) is 2. The standard InChI is InChI=1S/C20H25N5O3/c1-12(26)21-10-15-11-25(20(27)28-15)14-7-8-16-13(9-14)5-4-6-17-18(16)22-23-19(17)24(2)3/h7-9,15H,4-6,10-11H2,1-3H3,(H,21,26)(H,22,23)/t15-/m0/s1. The Labute approximate surface area is 163 Å². The Morgan fingerprint density at radius 2 is 2.21 bits per heavy atom. The Bertz CT molecular complexity index is 921. The van der Waals surface area contributed by atoms with Gasteiger partial charge in [0.1, 0.15) is 6.10 Å². The summed E-state index contributed by atoms with van der Waals surface area (Å²) in [5.74, 6) is 0.850. The molecule has 1 fully saturated rings. The summed E-state index contributed by atoms with van der Waals surface area (Å²) in [6.07, 6.45) is 2.22. The van der Waals surface area contributed by atoms with Gasteiger partial charge in [0.05, 0.1) is 18.8 Å². The molecule has 0 radical (unpaired) electrons. The number of fused-ring (bicyclic) bond motifs is 3. The third-order valence-corrected chi connectivity index (χ3v) is 5.26. The second-order valence-corrected chi connectivity index (χ2v) is 7.54. The van der Waals surface area contributed by atoms with Gasteiger partial charge < -0.3 is 15.0 Å². The predicted octanol–water partition coefficient (Wildman–Crippen LogP) is 2.09. The van der Waals surface area contributed by atoms with Crippen molar-refractivity contribution in [3.63, 3.8) is 0 Å². The topological polar surface area (TPSA) is 90.6 Å². The van der Waals surface area contributed by atoms with Crippen LogP contribution in [-0.2, 0) is 22.4 Å². The van der Waals surface area contributed by atoms with Crippen LogP contribution in [0.5, 0.6) is 0 Å². The first-order valence-corrected chi connectivity index (χ1v) is 9.54. The number of aromatic amines is 1. The van der Waals surface area contributed by atoms with E-state index in [2.05, 4.69) is 27.6 Å². The van der Waals surface area contributed by atoms with Crippen LogP contribution in [0, 0.1) is 0 Å². The van der Waals surface area contributed by atoms with Crippen molar-refractivity contribution in [2.75, 3.05) is 37.0 Å². The number of carbonyl (C=O) groups excluding carboxylic acids is 2. The second kappa shape index (κ2) is 7.18. The van der Waals surface area contributed by atoms with Gasteiger partial charge in [-0.25, -0.2) is 4.79 Å². The highest BCUT2D eigenvalue weighted by Crippen LogP contribution is 2.37. The summed E-state index contributed by atoms with van der Waals surface area (Å²) in [6.45, 7) is 2.21. The third-order valence-electron chi connectivity index (χ3n) is 5.26. The van der Waals surface area contributed by atoms with E-state index in [1.54, 1.807) is 4.90 Å². The van der Waals surface area contributed by atoms with E-state index < -0.39 is 0 Å². The molecular formula is C20H25N5O3. The molecule has 0 bridgehead atoms. The predicted molar refractivity (Wildman–Crippen MR) is 107 cm³/mol. The molecule has 2 heterocycles. The minimum Gasteiger partial charge on any atom is -0.442 e. The molecule has 2 amide bonds. The van der Waals surface area contributed by atoms with Crippen molar-refractivity contribution >= 4 is 23.5 Å². The number of nitrogens with zero attached hydrogens (tertiary/aromatic N) is 3. The number of nitrogens with one attached hydrogen (secondary N) is 2. The van der Waals surface area contributed by atoms with Gasteiger partial charge in [0, 0.05) is 37.8 Å². The summed E-state index contributed by atoms with van der Waals surface area (Å²) in [5, 5.41) is 10.4. The molecule has 1 aliphatic carbocycles. The van der Waals surface area contributed by atoms with Crippen LogP contribution in [0.15, 0.2) is 18.2 Å². The summed E-state index contributed by atoms with van der Waals surface area (Å²) >= 11 is 0. The largest absolute Gasteiger partial charge is 0.442 e. The van der Waals surface area contributed by atoms with E-state index in [1.165, 1.54) is 18.1 Å². The molecule has 0 spiro atoms. The van der Waals surface area contributed by atoms with Gasteiger partial charge in [-0.2, -0.15) is 5.10 Å². The van der Waals surface area contributed by atoms with Crippen LogP contribution < -0.4 is 15.1 Å². The molecule has 0 unspecified atom stereocenters. The molecule has 1 saturated heterocycles. The molecule has 1 aromatic heterocycles. The average molecular weight is 383 g/mol. The lowest BCUT2D eigenvalue weighted by Crippen LogP contribution is -2.33. The fourth-order valence-electron chi connectivity index (χ4n) is 3.94. The van der Waals surface area contributed by atoms with Crippen LogP contribution >= 0.6 is 0 Å². The summed E-state index contributed by atoms with van der Waals surface area (Å²) in [4.78, 5) is 27.1. The highest BCUT2D eigenvalue weighted by molar-refractivity contribution is 5.90. The normalized spacial score (nSPS) is 18.2. The number of amides is 2. The van der Waals surface area contributed by atoms with Gasteiger partial charge in [-0.05, 0) is 37.0 Å². The van der Waals surface area contributed by atoms with Gasteiger partial charge in [0.25, 0.3) is 0 Å². The number of carbonyl (C=O) groups is 2. The van der Waals surface area contributed by atoms with Crippen LogP contribution in [-0.4, -0.2) is 55.5 Å². The number of hydrogen-bond acceptors (Lipinski definition) is 5. The Balaban J connectivity index is 1.60. The van der Waals surface area contributed by atoms with Crippen molar-refractivity contribution in [1.29, 1.82) is 0 Å². The maximum atomic E-state index is 12.3. The molecule has 2 aliphatic rings. The number of rotatable bonds is 4. The van der Waals surface area contributed by atoms with Crippen molar-refractivity contribution in [3.8, 4) is 11.3 Å².